The van der Waals surface area contributed by atoms with Gasteiger partial charge in [0.15, 0.2) is 5.54 Å². The summed E-state index contributed by atoms with van der Waals surface area (Å²) in [5, 5.41) is 14.6. The first-order valence-electron chi connectivity index (χ1n) is 6.93. The summed E-state index contributed by atoms with van der Waals surface area (Å²) in [6.07, 6.45) is 0. The predicted octanol–water partition coefficient (Wildman–Crippen LogP) is 1.24. The lowest BCUT2D eigenvalue weighted by Gasteiger charge is -2.27. The zero-order valence-corrected chi connectivity index (χ0v) is 12.7. The molecule has 1 aromatic carbocycles. The number of nitrogens with one attached hydrogen (secondary N) is 2. The lowest BCUT2D eigenvalue weighted by atomic mass is 9.92. The number of carbonyl (C=O) groups excluding carboxylic acids is 1. The standard InChI is InChI=1S/C15H23N3O3/c1-4-18(3)11-10-16-14(21)17-15(2,13(19)20)12-8-6-5-7-9-12/h5-9H,4,10-11H2,1-3H3,(H,19,20)(H2,16,17,21). The first kappa shape index (κ1) is 17.0. The number of hydrogen-bond acceptors (Lipinski definition) is 3. The quantitative estimate of drug-likeness (QED) is 0.706. The Hall–Kier alpha value is -2.08. The van der Waals surface area contributed by atoms with Crippen LogP contribution in [0, 0.1) is 0 Å². The lowest BCUT2D eigenvalue weighted by molar-refractivity contribution is -0.144. The number of likely N-dealkylation sites (N-methyl/N-ethyl adjacent to an activating group) is 1. The number of rotatable bonds is 7. The molecule has 1 atom stereocenters. The minimum Gasteiger partial charge on any atom is -0.479 e. The summed E-state index contributed by atoms with van der Waals surface area (Å²) < 4.78 is 0. The molecule has 1 unspecified atom stereocenters. The molecule has 2 amide bonds. The van der Waals surface area contributed by atoms with E-state index in [1.165, 1.54) is 6.92 Å². The molecular weight excluding hydrogens is 270 g/mol. The van der Waals surface area contributed by atoms with E-state index < -0.39 is 17.5 Å². The van der Waals surface area contributed by atoms with Crippen LogP contribution >= 0.6 is 0 Å². The fourth-order valence-corrected chi connectivity index (χ4v) is 1.81. The van der Waals surface area contributed by atoms with E-state index in [1.54, 1.807) is 30.3 Å². The van der Waals surface area contributed by atoms with Gasteiger partial charge in [-0.05, 0) is 26.1 Å². The third-order valence-electron chi connectivity index (χ3n) is 3.46. The number of urea groups is 1. The number of nitrogens with zero attached hydrogens (tertiary/aromatic N) is 1. The molecule has 1 aromatic rings. The van der Waals surface area contributed by atoms with Crippen LogP contribution in [0.2, 0.25) is 0 Å². The van der Waals surface area contributed by atoms with Crippen LogP contribution in [0.3, 0.4) is 0 Å². The maximum Gasteiger partial charge on any atom is 0.333 e. The van der Waals surface area contributed by atoms with Crippen molar-refractivity contribution in [2.75, 3.05) is 26.7 Å². The zero-order valence-electron chi connectivity index (χ0n) is 12.7. The van der Waals surface area contributed by atoms with Crippen LogP contribution in [-0.2, 0) is 10.3 Å². The highest BCUT2D eigenvalue weighted by Crippen LogP contribution is 2.20. The summed E-state index contributed by atoms with van der Waals surface area (Å²) in [6.45, 7) is 5.55. The summed E-state index contributed by atoms with van der Waals surface area (Å²) in [7, 11) is 1.95. The Morgan fingerprint density at radius 1 is 1.29 bits per heavy atom. The van der Waals surface area contributed by atoms with Gasteiger partial charge in [0.05, 0.1) is 0 Å². The summed E-state index contributed by atoms with van der Waals surface area (Å²) in [5.74, 6) is -1.10. The second kappa shape index (κ2) is 7.64. The number of hydrogen-bond donors (Lipinski definition) is 3. The van der Waals surface area contributed by atoms with E-state index in [4.69, 9.17) is 0 Å². The molecule has 0 heterocycles. The average Bonchev–Trinajstić information content (AvgIpc) is 2.47. The molecule has 0 radical (unpaired) electrons. The molecule has 116 valence electrons. The van der Waals surface area contributed by atoms with Crippen LogP contribution in [0.4, 0.5) is 4.79 Å². The number of amides is 2. The Morgan fingerprint density at radius 2 is 1.90 bits per heavy atom. The van der Waals surface area contributed by atoms with E-state index in [2.05, 4.69) is 10.6 Å². The topological polar surface area (TPSA) is 81.7 Å². The van der Waals surface area contributed by atoms with Gasteiger partial charge in [0.25, 0.3) is 0 Å². The molecule has 6 heteroatoms. The molecule has 3 N–H and O–H groups in total. The van der Waals surface area contributed by atoms with Crippen molar-refractivity contribution >= 4 is 12.0 Å². The van der Waals surface area contributed by atoms with Crippen molar-refractivity contribution in [1.82, 2.24) is 15.5 Å². The molecule has 0 bridgehead atoms. The van der Waals surface area contributed by atoms with Crippen molar-refractivity contribution in [2.24, 2.45) is 0 Å². The molecule has 0 saturated carbocycles. The van der Waals surface area contributed by atoms with Gasteiger partial charge in [-0.25, -0.2) is 9.59 Å². The van der Waals surface area contributed by atoms with Crippen molar-refractivity contribution in [3.63, 3.8) is 0 Å². The largest absolute Gasteiger partial charge is 0.479 e. The Labute approximate surface area is 125 Å². The highest BCUT2D eigenvalue weighted by molar-refractivity contribution is 5.87. The summed E-state index contributed by atoms with van der Waals surface area (Å²) in [5.41, 5.74) is -0.930. The molecular formula is C15H23N3O3. The van der Waals surface area contributed by atoms with Crippen LogP contribution in [0.5, 0.6) is 0 Å². The normalized spacial score (nSPS) is 13.5. The summed E-state index contributed by atoms with van der Waals surface area (Å²) >= 11 is 0. The van der Waals surface area contributed by atoms with Gasteiger partial charge in [-0.3, -0.25) is 0 Å². The van der Waals surface area contributed by atoms with Crippen molar-refractivity contribution in [3.05, 3.63) is 35.9 Å². The van der Waals surface area contributed by atoms with Gasteiger partial charge < -0.3 is 20.6 Å². The fourth-order valence-electron chi connectivity index (χ4n) is 1.81. The Kier molecular flexibility index (Phi) is 6.17. The highest BCUT2D eigenvalue weighted by atomic mass is 16.4. The molecule has 1 rings (SSSR count). The monoisotopic (exact) mass is 293 g/mol. The van der Waals surface area contributed by atoms with E-state index >= 15 is 0 Å². The van der Waals surface area contributed by atoms with E-state index in [9.17, 15) is 14.7 Å². The lowest BCUT2D eigenvalue weighted by Crippen LogP contribution is -2.53. The van der Waals surface area contributed by atoms with Crippen LogP contribution in [0.25, 0.3) is 0 Å². The maximum atomic E-state index is 11.9. The third kappa shape index (κ3) is 4.75. The Bertz CT molecular complexity index is 478. The molecule has 0 aliphatic rings. The van der Waals surface area contributed by atoms with Crippen LogP contribution in [0.15, 0.2) is 30.3 Å². The second-order valence-electron chi connectivity index (χ2n) is 5.07. The summed E-state index contributed by atoms with van der Waals surface area (Å²) in [6, 6.07) is 8.15. The summed E-state index contributed by atoms with van der Waals surface area (Å²) in [4.78, 5) is 25.5. The molecule has 0 aliphatic carbocycles. The van der Waals surface area contributed by atoms with Crippen molar-refractivity contribution in [2.45, 2.75) is 19.4 Å². The molecule has 21 heavy (non-hydrogen) atoms. The van der Waals surface area contributed by atoms with Gasteiger partial charge in [-0.1, -0.05) is 37.3 Å². The van der Waals surface area contributed by atoms with Gasteiger partial charge in [-0.15, -0.1) is 0 Å². The van der Waals surface area contributed by atoms with E-state index in [0.717, 1.165) is 6.54 Å². The highest BCUT2D eigenvalue weighted by Gasteiger charge is 2.36. The molecule has 0 aliphatic heterocycles. The first-order chi connectivity index (χ1) is 9.90. The number of carboxylic acid groups (broad SMARTS) is 1. The molecule has 0 saturated heterocycles. The van der Waals surface area contributed by atoms with Crippen LogP contribution in [0.1, 0.15) is 19.4 Å². The minimum absolute atomic E-state index is 0.459. The van der Waals surface area contributed by atoms with Gasteiger partial charge >= 0.3 is 12.0 Å². The number of aliphatic carboxylic acids is 1. The fraction of sp³-hybridized carbons (Fsp3) is 0.467. The third-order valence-corrected chi connectivity index (χ3v) is 3.46. The predicted molar refractivity (Wildman–Crippen MR) is 81.1 cm³/mol. The van der Waals surface area contributed by atoms with E-state index in [0.29, 0.717) is 18.7 Å². The van der Waals surface area contributed by atoms with Gasteiger partial charge in [-0.2, -0.15) is 0 Å². The van der Waals surface area contributed by atoms with Gasteiger partial charge in [0, 0.05) is 13.1 Å². The number of carboxylic acids is 1. The van der Waals surface area contributed by atoms with Gasteiger partial charge in [0.2, 0.25) is 0 Å². The van der Waals surface area contributed by atoms with E-state index in [1.807, 2.05) is 18.9 Å². The van der Waals surface area contributed by atoms with Gasteiger partial charge in [0.1, 0.15) is 0 Å². The second-order valence-corrected chi connectivity index (χ2v) is 5.07. The SMILES string of the molecule is CCN(C)CCNC(=O)NC(C)(C(=O)O)c1ccccc1. The van der Waals surface area contributed by atoms with Crippen LogP contribution < -0.4 is 10.6 Å². The molecule has 0 fully saturated rings. The molecule has 0 spiro atoms. The first-order valence-corrected chi connectivity index (χ1v) is 6.93. The minimum atomic E-state index is -1.46. The Morgan fingerprint density at radius 3 is 2.43 bits per heavy atom. The number of carbonyl (C=O) groups is 2. The number of benzene rings is 1. The van der Waals surface area contributed by atoms with E-state index in [-0.39, 0.29) is 0 Å². The van der Waals surface area contributed by atoms with Crippen molar-refractivity contribution in [1.29, 1.82) is 0 Å². The smallest absolute Gasteiger partial charge is 0.333 e. The Balaban J connectivity index is 2.67. The van der Waals surface area contributed by atoms with Crippen LogP contribution in [-0.4, -0.2) is 48.7 Å². The molecule has 0 aromatic heterocycles. The maximum absolute atomic E-state index is 11.9. The zero-order chi connectivity index (χ0) is 15.9. The van der Waals surface area contributed by atoms with Crippen molar-refractivity contribution in [3.8, 4) is 0 Å². The average molecular weight is 293 g/mol. The molecule has 6 nitrogen and oxygen atoms in total. The van der Waals surface area contributed by atoms with Crippen molar-refractivity contribution < 1.29 is 14.7 Å².